The largest absolute Gasteiger partial charge is 0.478 e. The van der Waals surface area contributed by atoms with E-state index < -0.39 is 11.8 Å². The quantitative estimate of drug-likeness (QED) is 0.777. The highest BCUT2D eigenvalue weighted by Crippen LogP contribution is 2.34. The maximum atomic E-state index is 13.1. The Balaban J connectivity index is 2.41. The number of hydrogen-bond donors (Lipinski definition) is 3. The third-order valence-corrected chi connectivity index (χ3v) is 3.35. The van der Waals surface area contributed by atoms with Crippen LogP contribution in [0.1, 0.15) is 10.4 Å². The molecule has 8 heteroatoms. The number of aromatic carboxylic acids is 1. The number of carboxylic acids is 1. The van der Waals surface area contributed by atoms with Gasteiger partial charge in [0.15, 0.2) is 0 Å². The molecule has 20 heavy (non-hydrogen) atoms. The molecule has 4 N–H and O–H groups in total. The van der Waals surface area contributed by atoms with Crippen molar-refractivity contribution in [2.75, 3.05) is 11.1 Å². The van der Waals surface area contributed by atoms with Crippen LogP contribution >= 0.6 is 27.5 Å². The number of hydrogen-bond acceptors (Lipinski definition) is 4. The molecule has 0 bridgehead atoms. The summed E-state index contributed by atoms with van der Waals surface area (Å²) < 4.78 is 13.5. The predicted octanol–water partition coefficient (Wildman–Crippen LogP) is 3.66. The van der Waals surface area contributed by atoms with E-state index in [1.165, 1.54) is 18.3 Å². The summed E-state index contributed by atoms with van der Waals surface area (Å²) >= 11 is 9.08. The van der Waals surface area contributed by atoms with Gasteiger partial charge >= 0.3 is 5.97 Å². The minimum atomic E-state index is -1.17. The number of nitrogens with two attached hydrogens (primary N) is 1. The molecule has 0 amide bonds. The highest BCUT2D eigenvalue weighted by atomic mass is 79.9. The lowest BCUT2D eigenvalue weighted by atomic mass is 10.2. The maximum Gasteiger partial charge on any atom is 0.337 e. The van der Waals surface area contributed by atoms with E-state index in [-0.39, 0.29) is 22.1 Å². The number of rotatable bonds is 3. The van der Waals surface area contributed by atoms with Gasteiger partial charge in [-0.25, -0.2) is 14.2 Å². The van der Waals surface area contributed by atoms with E-state index in [0.29, 0.717) is 10.2 Å². The Bertz CT molecular complexity index is 673. The number of pyridine rings is 1. The first kappa shape index (κ1) is 14.5. The first-order chi connectivity index (χ1) is 9.38. The number of nitrogen functional groups attached to an aromatic ring is 1. The first-order valence-electron chi connectivity index (χ1n) is 5.29. The van der Waals surface area contributed by atoms with Crippen LogP contribution in [0.15, 0.2) is 28.9 Å². The van der Waals surface area contributed by atoms with Gasteiger partial charge in [0, 0.05) is 4.47 Å². The van der Waals surface area contributed by atoms with Crippen molar-refractivity contribution in [3.05, 3.63) is 45.3 Å². The molecule has 0 saturated heterocycles. The van der Waals surface area contributed by atoms with Crippen molar-refractivity contribution in [3.8, 4) is 0 Å². The maximum absolute atomic E-state index is 13.1. The molecule has 0 aliphatic carbocycles. The van der Waals surface area contributed by atoms with Crippen molar-refractivity contribution < 1.29 is 14.3 Å². The van der Waals surface area contributed by atoms with E-state index in [0.717, 1.165) is 6.07 Å². The third kappa shape index (κ3) is 3.00. The van der Waals surface area contributed by atoms with Crippen molar-refractivity contribution in [3.63, 3.8) is 0 Å². The Kier molecular flexibility index (Phi) is 4.10. The number of halogens is 3. The molecular weight excluding hydrogens is 353 g/mol. The molecular formula is C12H8BrClFN3O2. The van der Waals surface area contributed by atoms with Crippen LogP contribution in [-0.2, 0) is 0 Å². The van der Waals surface area contributed by atoms with Crippen molar-refractivity contribution in [2.24, 2.45) is 0 Å². The molecule has 1 aromatic heterocycles. The summed E-state index contributed by atoms with van der Waals surface area (Å²) in [6.45, 7) is 0. The van der Waals surface area contributed by atoms with E-state index in [1.807, 2.05) is 0 Å². The van der Waals surface area contributed by atoms with E-state index in [1.54, 1.807) is 0 Å². The van der Waals surface area contributed by atoms with E-state index in [2.05, 4.69) is 26.2 Å². The van der Waals surface area contributed by atoms with Gasteiger partial charge < -0.3 is 16.2 Å². The second kappa shape index (κ2) is 5.64. The second-order valence-corrected chi connectivity index (χ2v) is 5.09. The van der Waals surface area contributed by atoms with Crippen LogP contribution < -0.4 is 11.1 Å². The summed E-state index contributed by atoms with van der Waals surface area (Å²) in [6, 6.07) is 3.62. The topological polar surface area (TPSA) is 88.2 Å². The minimum absolute atomic E-state index is 0.0484. The number of carbonyl (C=O) groups is 1. The molecule has 2 rings (SSSR count). The van der Waals surface area contributed by atoms with Gasteiger partial charge in [0.1, 0.15) is 11.6 Å². The Morgan fingerprint density at radius 3 is 2.75 bits per heavy atom. The highest BCUT2D eigenvalue weighted by Gasteiger charge is 2.13. The monoisotopic (exact) mass is 359 g/mol. The number of nitrogens with one attached hydrogen (secondary N) is 1. The zero-order valence-electron chi connectivity index (χ0n) is 9.82. The van der Waals surface area contributed by atoms with Gasteiger partial charge in [-0.15, -0.1) is 0 Å². The Morgan fingerprint density at radius 2 is 2.15 bits per heavy atom. The molecule has 2 aromatic rings. The SMILES string of the molecule is Nc1cnc(Nc2c(Cl)cc(F)cc2Br)cc1C(=O)O. The highest BCUT2D eigenvalue weighted by molar-refractivity contribution is 9.10. The van der Waals surface area contributed by atoms with Gasteiger partial charge in [-0.3, -0.25) is 0 Å². The summed E-state index contributed by atoms with van der Waals surface area (Å²) in [4.78, 5) is 14.9. The van der Waals surface area contributed by atoms with Gasteiger partial charge in [-0.2, -0.15) is 0 Å². The summed E-state index contributed by atoms with van der Waals surface area (Å²) in [7, 11) is 0. The zero-order valence-corrected chi connectivity index (χ0v) is 12.2. The molecule has 104 valence electrons. The van der Waals surface area contributed by atoms with Crippen LogP contribution in [-0.4, -0.2) is 16.1 Å². The predicted molar refractivity (Wildman–Crippen MR) is 78.0 cm³/mol. The Labute approximate surface area is 126 Å². The normalized spacial score (nSPS) is 10.3. The molecule has 0 spiro atoms. The lowest BCUT2D eigenvalue weighted by Crippen LogP contribution is -2.05. The van der Waals surface area contributed by atoms with Crippen molar-refractivity contribution >= 4 is 50.7 Å². The average molecular weight is 361 g/mol. The van der Waals surface area contributed by atoms with E-state index in [9.17, 15) is 9.18 Å². The number of aromatic nitrogens is 1. The van der Waals surface area contributed by atoms with E-state index in [4.69, 9.17) is 22.4 Å². The number of nitrogens with zero attached hydrogens (tertiary/aromatic N) is 1. The number of anilines is 3. The minimum Gasteiger partial charge on any atom is -0.478 e. The number of benzene rings is 1. The van der Waals surface area contributed by atoms with Crippen LogP contribution in [0.5, 0.6) is 0 Å². The molecule has 0 aliphatic rings. The van der Waals surface area contributed by atoms with Crippen molar-refractivity contribution in [1.82, 2.24) is 4.98 Å². The van der Waals surface area contributed by atoms with E-state index >= 15 is 0 Å². The van der Waals surface area contributed by atoms with Crippen LogP contribution in [0.3, 0.4) is 0 Å². The molecule has 0 saturated carbocycles. The number of carboxylic acid groups (broad SMARTS) is 1. The molecule has 5 nitrogen and oxygen atoms in total. The second-order valence-electron chi connectivity index (χ2n) is 3.83. The van der Waals surface area contributed by atoms with Gasteiger partial charge in [0.2, 0.25) is 0 Å². The summed E-state index contributed by atoms with van der Waals surface area (Å²) in [5, 5.41) is 11.9. The first-order valence-corrected chi connectivity index (χ1v) is 6.46. The molecule has 0 radical (unpaired) electrons. The van der Waals surface area contributed by atoms with Crippen LogP contribution in [0.25, 0.3) is 0 Å². The summed E-state index contributed by atoms with van der Waals surface area (Å²) in [5.74, 6) is -1.44. The molecule has 0 aliphatic heterocycles. The summed E-state index contributed by atoms with van der Waals surface area (Å²) in [5.41, 5.74) is 5.85. The fourth-order valence-electron chi connectivity index (χ4n) is 1.51. The molecule has 0 atom stereocenters. The van der Waals surface area contributed by atoms with Gasteiger partial charge in [-0.05, 0) is 34.1 Å². The third-order valence-electron chi connectivity index (χ3n) is 2.43. The molecule has 1 heterocycles. The van der Waals surface area contributed by atoms with Gasteiger partial charge in [0.05, 0.1) is 28.2 Å². The standard InChI is InChI=1S/C12H8BrClFN3O2/c13-7-1-5(15)2-8(14)11(7)18-10-3-6(12(19)20)9(16)4-17-10/h1-4H,16H2,(H,17,18)(H,19,20). The van der Waals surface area contributed by atoms with Crippen LogP contribution in [0.4, 0.5) is 21.6 Å². The summed E-state index contributed by atoms with van der Waals surface area (Å²) in [6.07, 6.45) is 1.22. The van der Waals surface area contributed by atoms with Crippen molar-refractivity contribution in [2.45, 2.75) is 0 Å². The smallest absolute Gasteiger partial charge is 0.337 e. The van der Waals surface area contributed by atoms with Crippen LogP contribution in [0.2, 0.25) is 5.02 Å². The van der Waals surface area contributed by atoms with Gasteiger partial charge in [0.25, 0.3) is 0 Å². The van der Waals surface area contributed by atoms with Gasteiger partial charge in [-0.1, -0.05) is 11.6 Å². The fraction of sp³-hybridized carbons (Fsp3) is 0. The molecule has 0 fully saturated rings. The Morgan fingerprint density at radius 1 is 1.45 bits per heavy atom. The molecule has 1 aromatic carbocycles. The Hall–Kier alpha value is -1.86. The fourth-order valence-corrected chi connectivity index (χ4v) is 2.41. The van der Waals surface area contributed by atoms with Crippen molar-refractivity contribution in [1.29, 1.82) is 0 Å². The molecule has 0 unspecified atom stereocenters. The van der Waals surface area contributed by atoms with Crippen LogP contribution in [0, 0.1) is 5.82 Å². The lowest BCUT2D eigenvalue weighted by molar-refractivity contribution is 0.0698. The lowest BCUT2D eigenvalue weighted by Gasteiger charge is -2.11. The average Bonchev–Trinajstić information content (AvgIpc) is 2.35. The zero-order chi connectivity index (χ0) is 14.9.